The first-order valence-corrected chi connectivity index (χ1v) is 19.3. The van der Waals surface area contributed by atoms with Gasteiger partial charge in [-0.25, -0.2) is 4.79 Å². The molecule has 1 aromatic carbocycles. The van der Waals surface area contributed by atoms with Crippen LogP contribution in [0.25, 0.3) is 0 Å². The van der Waals surface area contributed by atoms with Gasteiger partial charge in [0.1, 0.15) is 12.1 Å². The fourth-order valence-electron chi connectivity index (χ4n) is 8.36. The maximum absolute atomic E-state index is 14.5. The number of aliphatic imine (C=N–C) groups is 1. The van der Waals surface area contributed by atoms with Crippen molar-refractivity contribution in [3.05, 3.63) is 48.0 Å². The van der Waals surface area contributed by atoms with Crippen molar-refractivity contribution in [1.29, 1.82) is 0 Å². The van der Waals surface area contributed by atoms with Gasteiger partial charge < -0.3 is 20.9 Å². The van der Waals surface area contributed by atoms with Crippen LogP contribution in [0.2, 0.25) is 0 Å². The van der Waals surface area contributed by atoms with Crippen molar-refractivity contribution in [2.24, 2.45) is 28.7 Å². The number of urea groups is 1. The summed E-state index contributed by atoms with van der Waals surface area (Å²) in [5, 5.41) is 9.53. The molecule has 5 unspecified atom stereocenters. The van der Waals surface area contributed by atoms with Crippen molar-refractivity contribution in [3.8, 4) is 0 Å². The van der Waals surface area contributed by atoms with Gasteiger partial charge in [-0.05, 0) is 92.4 Å². The number of hydrogen-bond donors (Lipinski definition) is 3. The molecule has 4 fully saturated rings. The number of ketones is 1. The van der Waals surface area contributed by atoms with E-state index >= 15 is 0 Å². The van der Waals surface area contributed by atoms with Crippen LogP contribution in [0.3, 0.4) is 0 Å². The number of nitrogens with one attached hydrogen (secondary N) is 3. The Labute approximate surface area is 289 Å². The quantitative estimate of drug-likeness (QED) is 0.207. The number of fused-ring (bicyclic) bond motifs is 2. The number of rotatable bonds is 12. The Morgan fingerprint density at radius 3 is 2.50 bits per heavy atom. The molecule has 48 heavy (non-hydrogen) atoms. The lowest BCUT2D eigenvalue weighted by Crippen LogP contribution is -2.60. The van der Waals surface area contributed by atoms with E-state index in [0.29, 0.717) is 62.7 Å². The summed E-state index contributed by atoms with van der Waals surface area (Å²) in [5.74, 6) is 1.42. The van der Waals surface area contributed by atoms with E-state index in [9.17, 15) is 19.2 Å². The van der Waals surface area contributed by atoms with Gasteiger partial charge in [0, 0.05) is 12.5 Å². The Kier molecular flexibility index (Phi) is 11.0. The van der Waals surface area contributed by atoms with E-state index in [1.807, 2.05) is 23.9 Å². The molecule has 0 spiro atoms. The molecule has 5 atom stereocenters. The Bertz CT molecular complexity index is 1400. The molecule has 3 saturated carbocycles. The molecular formula is C38H53N5O4S. The zero-order valence-electron chi connectivity index (χ0n) is 28.7. The molecule has 3 N–H and O–H groups in total. The minimum atomic E-state index is -0.770. The second-order valence-corrected chi connectivity index (χ2v) is 16.5. The minimum absolute atomic E-state index is 0.109. The summed E-state index contributed by atoms with van der Waals surface area (Å²) in [5.41, 5.74) is 2.98. The number of benzene rings is 1. The Morgan fingerprint density at radius 1 is 1.08 bits per heavy atom. The zero-order valence-corrected chi connectivity index (χ0v) is 29.5. The number of likely N-dealkylation sites (tertiary alicyclic amines) is 1. The molecule has 1 heterocycles. The van der Waals surface area contributed by atoms with Crippen LogP contribution in [0.4, 0.5) is 4.79 Å². The molecule has 4 amide bonds. The highest BCUT2D eigenvalue weighted by Crippen LogP contribution is 2.47. The molecule has 10 heteroatoms. The van der Waals surface area contributed by atoms with Gasteiger partial charge in [0.25, 0.3) is 0 Å². The highest BCUT2D eigenvalue weighted by Gasteiger charge is 2.52. The summed E-state index contributed by atoms with van der Waals surface area (Å²) in [4.78, 5) is 61.3. The molecule has 9 nitrogen and oxygen atoms in total. The van der Waals surface area contributed by atoms with Crippen LogP contribution in [0, 0.1) is 23.7 Å². The van der Waals surface area contributed by atoms with E-state index < -0.39 is 18.1 Å². The smallest absolute Gasteiger partial charge is 0.316 e. The predicted molar refractivity (Wildman–Crippen MR) is 191 cm³/mol. The summed E-state index contributed by atoms with van der Waals surface area (Å²) in [6, 6.07) is 5.87. The summed E-state index contributed by atoms with van der Waals surface area (Å²) < 4.78 is 0. The van der Waals surface area contributed by atoms with Crippen LogP contribution in [0.15, 0.2) is 41.9 Å². The first kappa shape index (κ1) is 34.7. The van der Waals surface area contributed by atoms with Crippen molar-refractivity contribution in [2.75, 3.05) is 18.8 Å². The maximum atomic E-state index is 14.5. The lowest BCUT2D eigenvalue weighted by molar-refractivity contribution is -0.141. The number of carbonyl (C=O) groups is 4. The fourth-order valence-corrected chi connectivity index (χ4v) is 10.1. The first-order valence-electron chi connectivity index (χ1n) is 18.3. The number of carbonyl (C=O) groups excluding carboxylic acids is 4. The molecule has 4 aliphatic carbocycles. The molecule has 1 aromatic rings. The highest BCUT2D eigenvalue weighted by atomic mass is 32.2. The standard InChI is InChI=1S/C38H53N5O4S/c1-4-17-39-33-29-22-27(29)23-30(34(33)44)40-35(45)31-13-10-18-43(31)36(46)32(28-20-25-11-6-7-12-26(25)21-28)41-37(47)42-38(15-8-5-9-16-38)48-19-14-24(2)3/h4,6-7,11-12,24,27-32H,1,5,8-10,13-23H2,2-3H3,(H,40,45)(H2,41,42,47). The van der Waals surface area contributed by atoms with Gasteiger partial charge >= 0.3 is 6.03 Å². The van der Waals surface area contributed by atoms with Crippen LogP contribution in [0.1, 0.15) is 89.2 Å². The number of Topliss-reactive ketones (excluding diaryl/α,β-unsaturated/α-hetero) is 1. The van der Waals surface area contributed by atoms with Crippen molar-refractivity contribution in [1.82, 2.24) is 20.9 Å². The predicted octanol–water partition coefficient (Wildman–Crippen LogP) is 5.22. The van der Waals surface area contributed by atoms with Crippen molar-refractivity contribution in [3.63, 3.8) is 0 Å². The van der Waals surface area contributed by atoms with E-state index in [-0.39, 0.29) is 40.3 Å². The van der Waals surface area contributed by atoms with Gasteiger partial charge in [-0.3, -0.25) is 19.4 Å². The normalized spacial score (nSPS) is 27.7. The Balaban J connectivity index is 1.17. The SMILES string of the molecule is C=CCN=C1C(=O)C(NC(=O)C2CCCN2C(=O)C(NC(=O)NC2(SCCC(C)C)CCCCC2)C2Cc3ccccc3C2)CC2CC12. The highest BCUT2D eigenvalue weighted by molar-refractivity contribution is 8.00. The molecule has 1 aliphatic heterocycles. The van der Waals surface area contributed by atoms with Gasteiger partial charge in [0.05, 0.1) is 23.2 Å². The van der Waals surface area contributed by atoms with E-state index in [2.05, 4.69) is 53.5 Å². The second kappa shape index (κ2) is 15.2. The third-order valence-corrected chi connectivity index (χ3v) is 12.6. The molecule has 5 aliphatic rings. The number of nitrogens with zero attached hydrogens (tertiary/aromatic N) is 2. The molecule has 0 radical (unpaired) electrons. The monoisotopic (exact) mass is 675 g/mol. The molecule has 0 aromatic heterocycles. The average molecular weight is 676 g/mol. The van der Waals surface area contributed by atoms with Gasteiger partial charge in [-0.15, -0.1) is 18.3 Å². The van der Waals surface area contributed by atoms with E-state index in [1.165, 1.54) is 17.5 Å². The molecular weight excluding hydrogens is 623 g/mol. The van der Waals surface area contributed by atoms with E-state index in [4.69, 9.17) is 0 Å². The Hall–Kier alpha value is -3.14. The lowest BCUT2D eigenvalue weighted by Gasteiger charge is -2.39. The van der Waals surface area contributed by atoms with Crippen LogP contribution in [0.5, 0.6) is 0 Å². The first-order chi connectivity index (χ1) is 23.2. The van der Waals surface area contributed by atoms with Crippen molar-refractivity contribution >= 4 is 41.1 Å². The molecule has 1 saturated heterocycles. The summed E-state index contributed by atoms with van der Waals surface area (Å²) in [7, 11) is 0. The van der Waals surface area contributed by atoms with E-state index in [0.717, 1.165) is 44.3 Å². The van der Waals surface area contributed by atoms with Crippen molar-refractivity contribution in [2.45, 2.75) is 114 Å². The van der Waals surface area contributed by atoms with Crippen LogP contribution >= 0.6 is 11.8 Å². The lowest BCUT2D eigenvalue weighted by atomic mass is 9.91. The largest absolute Gasteiger partial charge is 0.344 e. The summed E-state index contributed by atoms with van der Waals surface area (Å²) >= 11 is 1.85. The average Bonchev–Trinajstić information content (AvgIpc) is 3.45. The molecule has 6 rings (SSSR count). The van der Waals surface area contributed by atoms with Gasteiger partial charge in [-0.2, -0.15) is 0 Å². The van der Waals surface area contributed by atoms with Gasteiger partial charge in [0.2, 0.25) is 11.8 Å². The van der Waals surface area contributed by atoms with Gasteiger partial charge in [0.15, 0.2) is 5.78 Å². The number of hydrogen-bond acceptors (Lipinski definition) is 6. The third-order valence-electron chi connectivity index (χ3n) is 11.1. The van der Waals surface area contributed by atoms with Gasteiger partial charge in [-0.1, -0.05) is 63.5 Å². The summed E-state index contributed by atoms with van der Waals surface area (Å²) in [6.45, 7) is 9.00. The zero-order chi connectivity index (χ0) is 33.8. The van der Waals surface area contributed by atoms with Crippen LogP contribution < -0.4 is 16.0 Å². The molecule has 260 valence electrons. The summed E-state index contributed by atoms with van der Waals surface area (Å²) in [6.07, 6.45) is 12.1. The van der Waals surface area contributed by atoms with E-state index in [1.54, 1.807) is 11.0 Å². The van der Waals surface area contributed by atoms with Crippen LogP contribution in [-0.2, 0) is 27.2 Å². The number of thioether (sulfide) groups is 1. The molecule has 0 bridgehead atoms. The maximum Gasteiger partial charge on any atom is 0.316 e. The number of amides is 4. The minimum Gasteiger partial charge on any atom is -0.344 e. The Morgan fingerprint density at radius 2 is 1.81 bits per heavy atom. The van der Waals surface area contributed by atoms with Crippen molar-refractivity contribution < 1.29 is 19.2 Å². The third kappa shape index (κ3) is 7.84. The topological polar surface area (TPSA) is 120 Å². The van der Waals surface area contributed by atoms with Crippen LogP contribution in [-0.4, -0.2) is 76.1 Å². The second-order valence-electron chi connectivity index (χ2n) is 15.1. The fraction of sp³-hybridized carbons (Fsp3) is 0.658.